The van der Waals surface area contributed by atoms with Crippen LogP contribution in [0, 0.1) is 11.6 Å². The van der Waals surface area contributed by atoms with Gasteiger partial charge in [0.1, 0.15) is 17.9 Å². The fraction of sp³-hybridized carbons (Fsp3) is 0.357. The smallest absolute Gasteiger partial charge is 0.227 e. The molecule has 4 aromatic rings. The Morgan fingerprint density at radius 2 is 1.79 bits per heavy atom. The summed E-state index contributed by atoms with van der Waals surface area (Å²) in [5.74, 6) is 0.0608. The number of fused-ring (bicyclic) bond motifs is 2. The molecule has 0 saturated carbocycles. The van der Waals surface area contributed by atoms with Crippen LogP contribution < -0.4 is 19.9 Å². The quantitative estimate of drug-likeness (QED) is 0.382. The second-order valence-corrected chi connectivity index (χ2v) is 10.1. The van der Waals surface area contributed by atoms with Crippen LogP contribution in [0.4, 0.5) is 32.0 Å². The molecule has 0 atom stereocenters. The first-order chi connectivity index (χ1) is 18.4. The number of nitrogens with zero attached hydrogens (tertiary/aromatic N) is 5. The number of anilines is 4. The first-order valence-electron chi connectivity index (χ1n) is 12.9. The number of piperazine rings is 1. The number of nitrogens with one attached hydrogen (secondary N) is 1. The third-order valence-corrected chi connectivity index (χ3v) is 7.13. The standard InChI is InChI=1S/C28H30F2N6O2/c1-17(2)36-10-11-37-27-21(29)13-19(14-23(27)36)26-22(30)16-31-28(33-26)32-20-4-5-24-18(12-20)15-25(38-24)35-8-6-34(3)7-9-35/h4-5,12-17H,6-11H2,1-3H3,(H,31,32,33). The van der Waals surface area contributed by atoms with E-state index < -0.39 is 11.6 Å². The zero-order chi connectivity index (χ0) is 26.4. The van der Waals surface area contributed by atoms with Gasteiger partial charge < -0.3 is 29.2 Å². The predicted octanol–water partition coefficient (Wildman–Crippen LogP) is 5.27. The minimum absolute atomic E-state index is 0.0141. The maximum atomic E-state index is 15.0. The number of likely N-dealkylation sites (N-methyl/N-ethyl adjacent to an activating group) is 1. The highest BCUT2D eigenvalue weighted by molar-refractivity contribution is 5.85. The van der Waals surface area contributed by atoms with Crippen molar-refractivity contribution in [3.63, 3.8) is 0 Å². The van der Waals surface area contributed by atoms with Crippen molar-refractivity contribution in [1.82, 2.24) is 14.9 Å². The summed E-state index contributed by atoms with van der Waals surface area (Å²) in [6.45, 7) is 8.89. The lowest BCUT2D eigenvalue weighted by Crippen LogP contribution is -2.44. The number of rotatable bonds is 5. The van der Waals surface area contributed by atoms with Crippen molar-refractivity contribution in [2.24, 2.45) is 0 Å². The molecule has 10 heteroatoms. The van der Waals surface area contributed by atoms with Gasteiger partial charge in [-0.15, -0.1) is 0 Å². The van der Waals surface area contributed by atoms with Crippen molar-refractivity contribution < 1.29 is 17.9 Å². The summed E-state index contributed by atoms with van der Waals surface area (Å²) >= 11 is 0. The molecule has 2 aliphatic rings. The van der Waals surface area contributed by atoms with Crippen LogP contribution in [0.1, 0.15) is 13.8 Å². The molecule has 0 unspecified atom stereocenters. The van der Waals surface area contributed by atoms with Crippen molar-refractivity contribution in [2.45, 2.75) is 19.9 Å². The zero-order valence-electron chi connectivity index (χ0n) is 21.7. The highest BCUT2D eigenvalue weighted by Gasteiger charge is 2.26. The summed E-state index contributed by atoms with van der Waals surface area (Å²) in [6, 6.07) is 10.8. The van der Waals surface area contributed by atoms with E-state index in [1.807, 2.05) is 43.0 Å². The second-order valence-electron chi connectivity index (χ2n) is 10.1. The summed E-state index contributed by atoms with van der Waals surface area (Å²) < 4.78 is 41.5. The summed E-state index contributed by atoms with van der Waals surface area (Å²) in [7, 11) is 2.12. The van der Waals surface area contributed by atoms with E-state index in [4.69, 9.17) is 9.15 Å². The molecule has 6 rings (SSSR count). The van der Waals surface area contributed by atoms with Crippen LogP contribution in [0.25, 0.3) is 22.2 Å². The second kappa shape index (κ2) is 9.75. The summed E-state index contributed by atoms with van der Waals surface area (Å²) in [5.41, 5.74) is 2.45. The number of hydrogen-bond acceptors (Lipinski definition) is 8. The number of hydrogen-bond donors (Lipinski definition) is 1. The SMILES string of the molecule is CC(C)N1CCOc2c(F)cc(-c3nc(Nc4ccc5oc(N6CCN(C)CC6)cc5c4)ncc3F)cc21. The third kappa shape index (κ3) is 4.60. The number of halogens is 2. The van der Waals surface area contributed by atoms with Gasteiger partial charge in [-0.25, -0.2) is 18.7 Å². The Kier molecular flexibility index (Phi) is 6.27. The molecule has 0 aliphatic carbocycles. The zero-order valence-corrected chi connectivity index (χ0v) is 21.7. The van der Waals surface area contributed by atoms with Crippen molar-refractivity contribution in [3.05, 3.63) is 54.2 Å². The summed E-state index contributed by atoms with van der Waals surface area (Å²) in [4.78, 5) is 15.1. The van der Waals surface area contributed by atoms with Crippen LogP contribution in [0.3, 0.4) is 0 Å². The number of ether oxygens (including phenoxy) is 1. The minimum Gasteiger partial charge on any atom is -0.486 e. The van der Waals surface area contributed by atoms with Crippen LogP contribution >= 0.6 is 0 Å². The van der Waals surface area contributed by atoms with Crippen molar-refractivity contribution in [3.8, 4) is 17.0 Å². The van der Waals surface area contributed by atoms with Gasteiger partial charge in [-0.05, 0) is 51.2 Å². The Bertz CT molecular complexity index is 1480. The van der Waals surface area contributed by atoms with E-state index in [1.165, 1.54) is 6.07 Å². The van der Waals surface area contributed by atoms with E-state index in [1.54, 1.807) is 6.07 Å². The molecule has 8 nitrogen and oxygen atoms in total. The maximum absolute atomic E-state index is 15.0. The normalized spacial score (nSPS) is 16.2. The Morgan fingerprint density at radius 1 is 0.974 bits per heavy atom. The molecule has 2 aromatic heterocycles. The van der Waals surface area contributed by atoms with Crippen LogP contribution in [-0.4, -0.2) is 67.3 Å². The van der Waals surface area contributed by atoms with E-state index in [0.29, 0.717) is 24.4 Å². The Hall–Kier alpha value is -3.92. The van der Waals surface area contributed by atoms with Crippen molar-refractivity contribution in [2.75, 3.05) is 61.5 Å². The van der Waals surface area contributed by atoms with Gasteiger partial charge in [-0.1, -0.05) is 0 Å². The van der Waals surface area contributed by atoms with Crippen LogP contribution in [0.15, 0.2) is 47.0 Å². The maximum Gasteiger partial charge on any atom is 0.227 e. The molecule has 0 radical (unpaired) electrons. The number of furan rings is 1. The first kappa shape index (κ1) is 24.4. The minimum atomic E-state index is -0.634. The lowest BCUT2D eigenvalue weighted by atomic mass is 10.1. The molecule has 1 fully saturated rings. The van der Waals surface area contributed by atoms with Gasteiger partial charge in [0.25, 0.3) is 0 Å². The molecule has 2 aromatic carbocycles. The van der Waals surface area contributed by atoms with Crippen LogP contribution in [-0.2, 0) is 0 Å². The lowest BCUT2D eigenvalue weighted by molar-refractivity contribution is 0.287. The Morgan fingerprint density at radius 3 is 2.58 bits per heavy atom. The van der Waals surface area contributed by atoms with E-state index in [0.717, 1.165) is 54.9 Å². The summed E-state index contributed by atoms with van der Waals surface area (Å²) in [6.07, 6.45) is 1.10. The molecule has 0 bridgehead atoms. The Labute approximate surface area is 219 Å². The highest BCUT2D eigenvalue weighted by atomic mass is 19.1. The fourth-order valence-corrected chi connectivity index (χ4v) is 5.02. The van der Waals surface area contributed by atoms with E-state index >= 15 is 0 Å². The lowest BCUT2D eigenvalue weighted by Gasteiger charge is -2.34. The number of benzene rings is 2. The van der Waals surface area contributed by atoms with Gasteiger partial charge >= 0.3 is 0 Å². The molecule has 0 spiro atoms. The van der Waals surface area contributed by atoms with Crippen molar-refractivity contribution in [1.29, 1.82) is 0 Å². The van der Waals surface area contributed by atoms with Crippen molar-refractivity contribution >= 4 is 34.2 Å². The largest absolute Gasteiger partial charge is 0.486 e. The fourth-order valence-electron chi connectivity index (χ4n) is 5.02. The average Bonchev–Trinajstić information content (AvgIpc) is 3.33. The Balaban J connectivity index is 1.28. The van der Waals surface area contributed by atoms with Crippen LogP contribution in [0.5, 0.6) is 5.75 Å². The molecule has 0 amide bonds. The molecule has 2 aliphatic heterocycles. The molecular formula is C28H30F2N6O2. The highest BCUT2D eigenvalue weighted by Crippen LogP contribution is 2.39. The molecule has 1 saturated heterocycles. The topological polar surface area (TPSA) is 69.9 Å². The molecule has 198 valence electrons. The van der Waals surface area contributed by atoms with E-state index in [9.17, 15) is 8.78 Å². The predicted molar refractivity (Wildman–Crippen MR) is 145 cm³/mol. The first-order valence-corrected chi connectivity index (χ1v) is 12.9. The van der Waals surface area contributed by atoms with Crippen LogP contribution in [0.2, 0.25) is 0 Å². The third-order valence-electron chi connectivity index (χ3n) is 7.13. The van der Waals surface area contributed by atoms with E-state index in [2.05, 4.69) is 32.1 Å². The molecule has 4 heterocycles. The van der Waals surface area contributed by atoms with Gasteiger partial charge in [0.15, 0.2) is 23.3 Å². The van der Waals surface area contributed by atoms with Gasteiger partial charge in [-0.3, -0.25) is 0 Å². The summed E-state index contributed by atoms with van der Waals surface area (Å²) in [5, 5.41) is 4.09. The molecule has 38 heavy (non-hydrogen) atoms. The van der Waals surface area contributed by atoms with E-state index in [-0.39, 0.29) is 23.4 Å². The van der Waals surface area contributed by atoms with Gasteiger partial charge in [0, 0.05) is 54.9 Å². The molecular weight excluding hydrogens is 490 g/mol. The van der Waals surface area contributed by atoms with Gasteiger partial charge in [0.2, 0.25) is 5.95 Å². The monoisotopic (exact) mass is 520 g/mol. The van der Waals surface area contributed by atoms with Gasteiger partial charge in [-0.2, -0.15) is 0 Å². The van der Waals surface area contributed by atoms with Gasteiger partial charge in [0.05, 0.1) is 18.4 Å². The molecule has 1 N–H and O–H groups in total. The number of aromatic nitrogens is 2. The average molecular weight is 521 g/mol.